The Morgan fingerprint density at radius 1 is 1.17 bits per heavy atom. The van der Waals surface area contributed by atoms with Gasteiger partial charge < -0.3 is 9.80 Å². The van der Waals surface area contributed by atoms with Crippen molar-refractivity contribution in [3.63, 3.8) is 0 Å². The first kappa shape index (κ1) is 22.3. The number of hydroxylamine groups is 1. The van der Waals surface area contributed by atoms with Crippen LogP contribution in [0.3, 0.4) is 0 Å². The van der Waals surface area contributed by atoms with Crippen LogP contribution in [0.1, 0.15) is 24.0 Å². The number of aryl methyl sites for hydroxylation is 2. The van der Waals surface area contributed by atoms with Gasteiger partial charge in [0.1, 0.15) is 0 Å². The molecule has 6 heteroatoms. The molecule has 30 heavy (non-hydrogen) atoms. The minimum atomic E-state index is -0.247. The van der Waals surface area contributed by atoms with E-state index in [-0.39, 0.29) is 5.91 Å². The second-order valence-corrected chi connectivity index (χ2v) is 8.03. The number of nitrogens with zero attached hydrogens (tertiary/aromatic N) is 2. The second kappa shape index (κ2) is 11.2. The Labute approximate surface area is 184 Å². The van der Waals surface area contributed by atoms with Gasteiger partial charge in [-0.05, 0) is 68.6 Å². The molecule has 0 aromatic heterocycles. The molecule has 5 nitrogen and oxygen atoms in total. The molecule has 2 aromatic rings. The topological polar surface area (TPSA) is 44.8 Å². The Morgan fingerprint density at radius 2 is 1.93 bits per heavy atom. The number of fused-ring (bicyclic) bond motifs is 2. The van der Waals surface area contributed by atoms with Crippen molar-refractivity contribution >= 4 is 28.9 Å². The molecule has 0 saturated heterocycles. The Balaban J connectivity index is 1.59. The minimum Gasteiger partial charge on any atom is -0.341 e. The predicted octanol–water partition coefficient (Wildman–Crippen LogP) is 4.52. The maximum atomic E-state index is 11.4. The molecule has 0 unspecified atom stereocenters. The zero-order chi connectivity index (χ0) is 21.3. The molecule has 0 atom stereocenters. The lowest BCUT2D eigenvalue weighted by Gasteiger charge is -2.27. The van der Waals surface area contributed by atoms with Gasteiger partial charge in [0.2, 0.25) is 0 Å². The van der Waals surface area contributed by atoms with E-state index in [1.165, 1.54) is 35.7 Å². The number of unbranched alkanes of at least 4 members (excludes halogenated alkanes) is 1. The number of carbonyl (C=O) groups excluding carboxylic acids is 1. The number of benzene rings is 2. The van der Waals surface area contributed by atoms with Gasteiger partial charge in [0.05, 0.1) is 7.11 Å². The highest BCUT2D eigenvalue weighted by Crippen LogP contribution is 2.37. The lowest BCUT2D eigenvalue weighted by molar-refractivity contribution is -0.126. The Kier molecular flexibility index (Phi) is 8.31. The van der Waals surface area contributed by atoms with Crippen molar-refractivity contribution in [3.8, 4) is 0 Å². The number of amides is 1. The molecule has 0 spiro atoms. The van der Waals surface area contributed by atoms with E-state index in [1.807, 2.05) is 12.1 Å². The Bertz CT molecular complexity index is 885. The molecule has 2 aromatic carbocycles. The fraction of sp³-hybridized carbons (Fsp3) is 0.375. The lowest BCUT2D eigenvalue weighted by atomic mass is 10.0. The molecular weight excluding hydrogens is 398 g/mol. The minimum absolute atomic E-state index is 0.247. The van der Waals surface area contributed by atoms with Gasteiger partial charge in [0, 0.05) is 35.6 Å². The molecule has 0 aliphatic carbocycles. The average molecular weight is 428 g/mol. The van der Waals surface area contributed by atoms with Gasteiger partial charge in [0.25, 0.3) is 5.91 Å². The first-order valence-corrected chi connectivity index (χ1v) is 10.8. The molecule has 0 radical (unpaired) electrons. The zero-order valence-electron chi connectivity index (χ0n) is 17.7. The summed E-state index contributed by atoms with van der Waals surface area (Å²) in [5.41, 5.74) is 7.54. The van der Waals surface area contributed by atoms with Crippen LogP contribution in [0, 0.1) is 0 Å². The zero-order valence-corrected chi connectivity index (χ0v) is 18.5. The number of nitrogens with one attached hydrogen (secondary N) is 1. The van der Waals surface area contributed by atoms with Crippen molar-refractivity contribution in [2.24, 2.45) is 0 Å². The average Bonchev–Trinajstić information content (AvgIpc) is 2.88. The number of hydrogen-bond acceptors (Lipinski definition) is 4. The lowest BCUT2D eigenvalue weighted by Crippen LogP contribution is -2.24. The number of halogens is 1. The summed E-state index contributed by atoms with van der Waals surface area (Å²) < 4.78 is 0. The van der Waals surface area contributed by atoms with Crippen LogP contribution in [0.25, 0.3) is 0 Å². The van der Waals surface area contributed by atoms with Gasteiger partial charge in [-0.25, -0.2) is 5.48 Å². The van der Waals surface area contributed by atoms with E-state index < -0.39 is 0 Å². The predicted molar refractivity (Wildman–Crippen MR) is 123 cm³/mol. The number of likely N-dealkylation sites (N-methyl/N-ethyl adjacent to an activating group) is 1. The van der Waals surface area contributed by atoms with E-state index in [0.717, 1.165) is 50.3 Å². The monoisotopic (exact) mass is 427 g/mol. The molecular formula is C24H30ClN3O2. The third-order valence-electron chi connectivity index (χ3n) is 5.34. The van der Waals surface area contributed by atoms with E-state index in [0.29, 0.717) is 0 Å². The summed E-state index contributed by atoms with van der Waals surface area (Å²) >= 11 is 6.34. The third-order valence-corrected chi connectivity index (χ3v) is 5.58. The van der Waals surface area contributed by atoms with Gasteiger partial charge in [-0.3, -0.25) is 9.63 Å². The van der Waals surface area contributed by atoms with Crippen LogP contribution >= 0.6 is 11.6 Å². The Morgan fingerprint density at radius 3 is 2.73 bits per heavy atom. The van der Waals surface area contributed by atoms with Crippen molar-refractivity contribution in [1.29, 1.82) is 0 Å². The van der Waals surface area contributed by atoms with Gasteiger partial charge >= 0.3 is 0 Å². The highest BCUT2D eigenvalue weighted by molar-refractivity contribution is 6.30. The fourth-order valence-corrected chi connectivity index (χ4v) is 4.01. The molecule has 1 heterocycles. The van der Waals surface area contributed by atoms with Crippen LogP contribution in [0.4, 0.5) is 11.4 Å². The summed E-state index contributed by atoms with van der Waals surface area (Å²) in [7, 11) is 3.49. The number of para-hydroxylation sites is 1. The molecule has 0 saturated carbocycles. The highest BCUT2D eigenvalue weighted by atomic mass is 35.5. The number of rotatable bonds is 9. The van der Waals surface area contributed by atoms with E-state index in [2.05, 4.69) is 63.6 Å². The normalized spacial score (nSPS) is 13.3. The van der Waals surface area contributed by atoms with E-state index in [9.17, 15) is 4.79 Å². The smallest absolute Gasteiger partial charge is 0.267 e. The van der Waals surface area contributed by atoms with Crippen LogP contribution in [0.2, 0.25) is 5.02 Å². The summed E-state index contributed by atoms with van der Waals surface area (Å²) in [6, 6.07) is 14.9. The van der Waals surface area contributed by atoms with Gasteiger partial charge in [-0.2, -0.15) is 0 Å². The van der Waals surface area contributed by atoms with Crippen molar-refractivity contribution in [2.75, 3.05) is 38.7 Å². The van der Waals surface area contributed by atoms with E-state index >= 15 is 0 Å². The molecule has 1 amide bonds. The molecule has 0 bridgehead atoms. The van der Waals surface area contributed by atoms with Gasteiger partial charge in [0.15, 0.2) is 0 Å². The number of carbonyl (C=O) groups is 1. The first-order valence-electron chi connectivity index (χ1n) is 10.4. The summed E-state index contributed by atoms with van der Waals surface area (Å²) in [6.45, 7) is 2.64. The van der Waals surface area contributed by atoms with Crippen molar-refractivity contribution in [3.05, 3.63) is 70.8 Å². The van der Waals surface area contributed by atoms with E-state index in [4.69, 9.17) is 11.6 Å². The standard InChI is InChI=1S/C24H30ClN3O2/c1-27(16-7-10-24(29)26-30-2)15-5-6-17-28-22-9-4-3-8-19(22)11-12-20-13-14-21(25)18-23(20)28/h3-4,7-10,13-14,18H,5-6,11-12,15-17H2,1-2H3,(H,26,29)/b10-7+. The quantitative estimate of drug-likeness (QED) is 0.363. The molecule has 3 rings (SSSR count). The number of hydrogen-bond donors (Lipinski definition) is 1. The largest absolute Gasteiger partial charge is 0.341 e. The Hall–Kier alpha value is -2.34. The first-order chi connectivity index (χ1) is 14.6. The maximum Gasteiger partial charge on any atom is 0.267 e. The van der Waals surface area contributed by atoms with Crippen molar-refractivity contribution in [2.45, 2.75) is 25.7 Å². The molecule has 1 N–H and O–H groups in total. The summed E-state index contributed by atoms with van der Waals surface area (Å²) in [5, 5.41) is 0.780. The van der Waals surface area contributed by atoms with Gasteiger partial charge in [-0.1, -0.05) is 41.9 Å². The van der Waals surface area contributed by atoms with E-state index in [1.54, 1.807) is 0 Å². The highest BCUT2D eigenvalue weighted by Gasteiger charge is 2.20. The van der Waals surface area contributed by atoms with Crippen LogP contribution in [0.5, 0.6) is 0 Å². The molecule has 160 valence electrons. The van der Waals surface area contributed by atoms with Crippen LogP contribution in [-0.2, 0) is 22.5 Å². The SMILES string of the molecule is CONC(=O)/C=C/CN(C)CCCCN1c2ccccc2CCc2ccc(Cl)cc21. The van der Waals surface area contributed by atoms with Crippen molar-refractivity contribution < 1.29 is 9.63 Å². The number of anilines is 2. The van der Waals surface area contributed by atoms with Crippen molar-refractivity contribution in [1.82, 2.24) is 10.4 Å². The van der Waals surface area contributed by atoms with Crippen LogP contribution < -0.4 is 10.4 Å². The summed E-state index contributed by atoms with van der Waals surface area (Å²) in [5.74, 6) is -0.247. The summed E-state index contributed by atoms with van der Waals surface area (Å²) in [4.78, 5) is 20.6. The maximum absolute atomic E-state index is 11.4. The van der Waals surface area contributed by atoms with Crippen LogP contribution in [0.15, 0.2) is 54.6 Å². The van der Waals surface area contributed by atoms with Crippen LogP contribution in [-0.4, -0.2) is 44.6 Å². The molecule has 1 aliphatic heterocycles. The second-order valence-electron chi connectivity index (χ2n) is 7.60. The third kappa shape index (κ3) is 6.08. The molecule has 0 fully saturated rings. The fourth-order valence-electron chi connectivity index (χ4n) is 3.84. The molecule has 1 aliphatic rings. The van der Waals surface area contributed by atoms with Gasteiger partial charge in [-0.15, -0.1) is 0 Å². The summed E-state index contributed by atoms with van der Waals surface area (Å²) in [6.07, 6.45) is 7.56.